The smallest absolute Gasteiger partial charge is 0.354 e. The average molecular weight is 342 g/mol. The molecule has 0 saturated heterocycles. The number of rotatable bonds is 5. The number of carbonyl (C=O) groups is 1. The highest BCUT2D eigenvalue weighted by Crippen LogP contribution is 2.34. The van der Waals surface area contributed by atoms with Crippen molar-refractivity contribution in [3.63, 3.8) is 0 Å². The molecule has 0 amide bonds. The molecule has 0 unspecified atom stereocenters. The lowest BCUT2D eigenvalue weighted by Gasteiger charge is -2.00. The molecule has 4 rings (SSSR count). The van der Waals surface area contributed by atoms with Gasteiger partial charge in [-0.1, -0.05) is 23.2 Å². The summed E-state index contributed by atoms with van der Waals surface area (Å²) < 4.78 is 8.39. The number of carboxylic acid groups (broad SMARTS) is 1. The minimum Gasteiger partial charge on any atom is -0.477 e. The highest BCUT2D eigenvalue weighted by Gasteiger charge is 2.22. The second kappa shape index (κ2) is 6.15. The van der Waals surface area contributed by atoms with Gasteiger partial charge in [0.1, 0.15) is 17.1 Å². The minimum absolute atomic E-state index is 0.0806. The Morgan fingerprint density at radius 2 is 2.20 bits per heavy atom. The summed E-state index contributed by atoms with van der Waals surface area (Å²) in [6.07, 6.45) is 7.95. The zero-order valence-electron chi connectivity index (χ0n) is 13.8. The maximum atomic E-state index is 11.4. The largest absolute Gasteiger partial charge is 0.477 e. The Balaban J connectivity index is 1.53. The van der Waals surface area contributed by atoms with E-state index in [1.54, 1.807) is 17.9 Å². The summed E-state index contributed by atoms with van der Waals surface area (Å²) in [5.74, 6) is 0.358. The van der Waals surface area contributed by atoms with Crippen LogP contribution in [-0.4, -0.2) is 41.0 Å². The monoisotopic (exact) mass is 342 g/mol. The predicted octanol–water partition coefficient (Wildman–Crippen LogP) is 2.07. The molecule has 1 N–H and O–H groups in total. The van der Waals surface area contributed by atoms with E-state index in [4.69, 9.17) is 4.52 Å². The first-order valence-electron chi connectivity index (χ1n) is 8.23. The number of carboxylic acids is 1. The van der Waals surface area contributed by atoms with Crippen LogP contribution in [0.5, 0.6) is 0 Å². The fourth-order valence-corrected chi connectivity index (χ4v) is 3.35. The summed E-state index contributed by atoms with van der Waals surface area (Å²) in [4.78, 5) is 11.4. The molecule has 0 aliphatic heterocycles. The van der Waals surface area contributed by atoms with Crippen molar-refractivity contribution in [3.05, 3.63) is 35.6 Å². The highest BCUT2D eigenvalue weighted by atomic mass is 16.5. The topological polar surface area (TPSA) is 112 Å². The van der Waals surface area contributed by atoms with Gasteiger partial charge in [-0.2, -0.15) is 5.10 Å². The van der Waals surface area contributed by atoms with E-state index in [1.807, 2.05) is 6.07 Å². The van der Waals surface area contributed by atoms with Crippen LogP contribution in [0, 0.1) is 0 Å². The van der Waals surface area contributed by atoms with Crippen molar-refractivity contribution >= 4 is 5.97 Å². The van der Waals surface area contributed by atoms with Crippen LogP contribution in [-0.2, 0) is 13.6 Å². The zero-order chi connectivity index (χ0) is 17.4. The first-order valence-corrected chi connectivity index (χ1v) is 8.23. The number of aromatic carboxylic acids is 1. The van der Waals surface area contributed by atoms with E-state index in [0.29, 0.717) is 23.7 Å². The summed E-state index contributed by atoms with van der Waals surface area (Å²) >= 11 is 0. The number of hydrogen-bond acceptors (Lipinski definition) is 6. The van der Waals surface area contributed by atoms with E-state index in [1.165, 1.54) is 23.7 Å². The van der Waals surface area contributed by atoms with Crippen LogP contribution >= 0.6 is 0 Å². The normalized spacial score (nSPS) is 15.1. The van der Waals surface area contributed by atoms with Gasteiger partial charge in [0.05, 0.1) is 24.5 Å². The van der Waals surface area contributed by atoms with Gasteiger partial charge in [-0.3, -0.25) is 4.68 Å². The van der Waals surface area contributed by atoms with Crippen molar-refractivity contribution in [3.8, 4) is 11.3 Å². The fourth-order valence-electron chi connectivity index (χ4n) is 3.35. The molecule has 0 radical (unpaired) electrons. The van der Waals surface area contributed by atoms with Crippen LogP contribution in [0.25, 0.3) is 11.3 Å². The molecule has 25 heavy (non-hydrogen) atoms. The van der Waals surface area contributed by atoms with Crippen LogP contribution in [0.1, 0.15) is 53.5 Å². The molecule has 1 saturated carbocycles. The molecule has 130 valence electrons. The molecular weight excluding hydrogens is 324 g/mol. The molecule has 0 spiro atoms. The third-order valence-corrected chi connectivity index (χ3v) is 4.61. The minimum atomic E-state index is -1.05. The molecule has 3 aromatic heterocycles. The van der Waals surface area contributed by atoms with Crippen LogP contribution in [0.3, 0.4) is 0 Å². The summed E-state index contributed by atoms with van der Waals surface area (Å²) in [5, 5.41) is 25.5. The Morgan fingerprint density at radius 1 is 1.40 bits per heavy atom. The van der Waals surface area contributed by atoms with Gasteiger partial charge in [0.15, 0.2) is 5.69 Å². The molecule has 1 aliphatic rings. The van der Waals surface area contributed by atoms with Crippen LogP contribution in [0.2, 0.25) is 0 Å². The Kier molecular flexibility index (Phi) is 3.83. The van der Waals surface area contributed by atoms with Crippen molar-refractivity contribution in [2.45, 2.75) is 38.1 Å². The van der Waals surface area contributed by atoms with Gasteiger partial charge in [-0.05, 0) is 12.8 Å². The lowest BCUT2D eigenvalue weighted by Crippen LogP contribution is -2.06. The van der Waals surface area contributed by atoms with Gasteiger partial charge in [0.25, 0.3) is 0 Å². The molecule has 1 fully saturated rings. The lowest BCUT2D eigenvalue weighted by molar-refractivity contribution is 0.0686. The standard InChI is InChI=1S/C16H18N6O3/c1-21-15(16(23)24)12(7-17-21)13-9-22(20-18-13)8-11-6-14(25-19-11)10-4-2-3-5-10/h6-7,9-10H,2-5,8H2,1H3,(H,23,24). The van der Waals surface area contributed by atoms with Crippen LogP contribution < -0.4 is 0 Å². The van der Waals surface area contributed by atoms with E-state index >= 15 is 0 Å². The van der Waals surface area contributed by atoms with Gasteiger partial charge < -0.3 is 9.63 Å². The quantitative estimate of drug-likeness (QED) is 0.755. The van der Waals surface area contributed by atoms with Gasteiger partial charge in [0, 0.05) is 19.0 Å². The molecule has 9 heteroatoms. The van der Waals surface area contributed by atoms with Gasteiger partial charge in [-0.25, -0.2) is 9.48 Å². The van der Waals surface area contributed by atoms with Gasteiger partial charge in [0.2, 0.25) is 0 Å². The van der Waals surface area contributed by atoms with Gasteiger partial charge >= 0.3 is 5.97 Å². The Bertz CT molecular complexity index is 903. The maximum Gasteiger partial charge on any atom is 0.354 e. The maximum absolute atomic E-state index is 11.4. The molecule has 0 aromatic carbocycles. The van der Waals surface area contributed by atoms with Crippen molar-refractivity contribution in [2.75, 3.05) is 0 Å². The van der Waals surface area contributed by atoms with Crippen molar-refractivity contribution < 1.29 is 14.4 Å². The summed E-state index contributed by atoms with van der Waals surface area (Å²) in [5.41, 5.74) is 1.76. The molecule has 0 atom stereocenters. The van der Waals surface area contributed by atoms with Gasteiger partial charge in [-0.15, -0.1) is 5.10 Å². The second-order valence-electron chi connectivity index (χ2n) is 6.34. The highest BCUT2D eigenvalue weighted by molar-refractivity contribution is 5.93. The zero-order valence-corrected chi connectivity index (χ0v) is 13.8. The number of aromatic nitrogens is 6. The second-order valence-corrected chi connectivity index (χ2v) is 6.34. The van der Waals surface area contributed by atoms with Crippen molar-refractivity contribution in [1.29, 1.82) is 0 Å². The Hall–Kier alpha value is -2.97. The van der Waals surface area contributed by atoms with E-state index in [9.17, 15) is 9.90 Å². The molecule has 1 aliphatic carbocycles. The van der Waals surface area contributed by atoms with E-state index in [2.05, 4.69) is 20.6 Å². The van der Waals surface area contributed by atoms with Crippen molar-refractivity contribution in [2.24, 2.45) is 7.05 Å². The summed E-state index contributed by atoms with van der Waals surface area (Å²) in [7, 11) is 1.58. The Morgan fingerprint density at radius 3 is 2.96 bits per heavy atom. The summed E-state index contributed by atoms with van der Waals surface area (Å²) in [6, 6.07) is 1.98. The van der Waals surface area contributed by atoms with Crippen molar-refractivity contribution in [1.82, 2.24) is 29.9 Å². The van der Waals surface area contributed by atoms with Crippen LogP contribution in [0.4, 0.5) is 0 Å². The molecule has 0 bridgehead atoms. The fraction of sp³-hybridized carbons (Fsp3) is 0.438. The van der Waals surface area contributed by atoms with E-state index in [0.717, 1.165) is 24.3 Å². The lowest BCUT2D eigenvalue weighted by atomic mass is 10.1. The first kappa shape index (κ1) is 15.6. The first-order chi connectivity index (χ1) is 12.1. The average Bonchev–Trinajstić information content (AvgIpc) is 3.34. The number of aryl methyl sites for hydroxylation is 1. The molecule has 9 nitrogen and oxygen atoms in total. The SMILES string of the molecule is Cn1ncc(-c2cn(Cc3cc(C4CCCC4)on3)nn2)c1C(=O)O. The molecule has 3 aromatic rings. The molecular formula is C16H18N6O3. The number of hydrogen-bond donors (Lipinski definition) is 1. The third-order valence-electron chi connectivity index (χ3n) is 4.61. The molecule has 3 heterocycles. The Labute approximate surface area is 143 Å². The summed E-state index contributed by atoms with van der Waals surface area (Å²) in [6.45, 7) is 0.423. The predicted molar refractivity (Wildman–Crippen MR) is 86.0 cm³/mol. The third kappa shape index (κ3) is 2.92. The van der Waals surface area contributed by atoms with E-state index in [-0.39, 0.29) is 5.69 Å². The number of nitrogens with zero attached hydrogens (tertiary/aromatic N) is 6. The van der Waals surface area contributed by atoms with E-state index < -0.39 is 5.97 Å². The van der Waals surface area contributed by atoms with Crippen LogP contribution in [0.15, 0.2) is 23.0 Å².